The van der Waals surface area contributed by atoms with E-state index in [1.54, 1.807) is 7.11 Å². The zero-order valence-corrected chi connectivity index (χ0v) is 15.4. The minimum absolute atomic E-state index is 0.0173. The molecular weight excluding hydrogens is 370 g/mol. The second-order valence-corrected chi connectivity index (χ2v) is 7.45. The van der Waals surface area contributed by atoms with Gasteiger partial charge in [-0.2, -0.15) is 0 Å². The number of thiocarbonyl (C=S) groups is 1. The predicted molar refractivity (Wildman–Crippen MR) is 103 cm³/mol. The highest BCUT2D eigenvalue weighted by Gasteiger charge is 2.59. The Morgan fingerprint density at radius 1 is 1.19 bits per heavy atom. The highest BCUT2D eigenvalue weighted by atomic mass is 32.1. The Bertz CT molecular complexity index is 900. The van der Waals surface area contributed by atoms with Gasteiger partial charge >= 0.3 is 0 Å². The summed E-state index contributed by atoms with van der Waals surface area (Å²) in [5.41, 5.74) is 0.0322. The van der Waals surface area contributed by atoms with Crippen molar-refractivity contribution in [1.82, 2.24) is 10.6 Å². The third-order valence-corrected chi connectivity index (χ3v) is 5.86. The van der Waals surface area contributed by atoms with E-state index < -0.39 is 17.4 Å². The van der Waals surface area contributed by atoms with Gasteiger partial charge in [-0.25, -0.2) is 0 Å². The number of hydrogen-bond donors (Lipinski definition) is 2. The highest BCUT2D eigenvalue weighted by Crippen LogP contribution is 2.44. The van der Waals surface area contributed by atoms with Gasteiger partial charge in [0.15, 0.2) is 5.11 Å². The Morgan fingerprint density at radius 2 is 1.88 bits per heavy atom. The number of nitrogens with one attached hydrogen (secondary N) is 2. The molecule has 4 rings (SSSR count). The number of methoxy groups -OCH3 is 1. The monoisotopic (exact) mass is 385 g/mol. The molecule has 0 aliphatic carbocycles. The molecule has 1 atom stereocenters. The standard InChI is InChI=1S/C18H15N3O3S2/c1-24-11-6-4-10(5-7-11)13-9-12(14-3-2-8-26-14)18(21-13)15(22)19-17(25)20-16(18)23/h2-8,12H,9H2,1H3,(H2,19,20,22,23,25). The lowest BCUT2D eigenvalue weighted by atomic mass is 9.80. The van der Waals surface area contributed by atoms with Crippen LogP contribution in [0.25, 0.3) is 0 Å². The smallest absolute Gasteiger partial charge is 0.264 e. The summed E-state index contributed by atoms with van der Waals surface area (Å²) in [4.78, 5) is 31.3. The first-order chi connectivity index (χ1) is 12.5. The van der Waals surface area contributed by atoms with E-state index in [1.165, 1.54) is 11.3 Å². The van der Waals surface area contributed by atoms with Gasteiger partial charge in [0.05, 0.1) is 7.11 Å². The molecule has 2 aliphatic rings. The van der Waals surface area contributed by atoms with Crippen molar-refractivity contribution in [2.24, 2.45) is 4.99 Å². The number of benzene rings is 1. The number of ether oxygens (including phenoxy) is 1. The summed E-state index contributed by atoms with van der Waals surface area (Å²) in [6.45, 7) is 0. The summed E-state index contributed by atoms with van der Waals surface area (Å²) in [5, 5.41) is 7.07. The Labute approximate surface area is 159 Å². The van der Waals surface area contributed by atoms with E-state index in [4.69, 9.17) is 17.0 Å². The molecule has 1 aromatic carbocycles. The number of thiophene rings is 1. The molecule has 2 N–H and O–H groups in total. The van der Waals surface area contributed by atoms with Crippen molar-refractivity contribution >= 4 is 46.2 Å². The summed E-state index contributed by atoms with van der Waals surface area (Å²) >= 11 is 6.45. The summed E-state index contributed by atoms with van der Waals surface area (Å²) in [5.74, 6) is -0.598. The van der Waals surface area contributed by atoms with Crippen LogP contribution in [0.5, 0.6) is 5.75 Å². The lowest BCUT2D eigenvalue weighted by Gasteiger charge is -2.33. The molecule has 0 saturated carbocycles. The van der Waals surface area contributed by atoms with Gasteiger partial charge in [-0.15, -0.1) is 11.3 Å². The average Bonchev–Trinajstić information content (AvgIpc) is 3.28. The first kappa shape index (κ1) is 16.9. The number of carbonyl (C=O) groups excluding carboxylic acids is 2. The largest absolute Gasteiger partial charge is 0.497 e. The van der Waals surface area contributed by atoms with Gasteiger partial charge in [0.2, 0.25) is 5.54 Å². The zero-order chi connectivity index (χ0) is 18.3. The number of amides is 2. The third kappa shape index (κ3) is 2.53. The van der Waals surface area contributed by atoms with Crippen LogP contribution in [0.4, 0.5) is 0 Å². The van der Waals surface area contributed by atoms with Crippen molar-refractivity contribution in [3.8, 4) is 5.75 Å². The first-order valence-electron chi connectivity index (χ1n) is 7.98. The molecule has 2 aromatic rings. The third-order valence-electron chi connectivity index (χ3n) is 4.67. The highest BCUT2D eigenvalue weighted by molar-refractivity contribution is 7.80. The van der Waals surface area contributed by atoms with Gasteiger partial charge in [-0.05, 0) is 53.5 Å². The van der Waals surface area contributed by atoms with Crippen LogP contribution in [-0.4, -0.2) is 35.3 Å². The molecule has 3 heterocycles. The minimum Gasteiger partial charge on any atom is -0.497 e. The molecule has 1 fully saturated rings. The Morgan fingerprint density at radius 3 is 2.46 bits per heavy atom. The molecule has 1 unspecified atom stereocenters. The molecular formula is C18H15N3O3S2. The normalized spacial score (nSPS) is 21.3. The van der Waals surface area contributed by atoms with E-state index >= 15 is 0 Å². The predicted octanol–water partition coefficient (Wildman–Crippen LogP) is 2.00. The van der Waals surface area contributed by atoms with Crippen LogP contribution in [0.3, 0.4) is 0 Å². The number of nitrogens with zero attached hydrogens (tertiary/aromatic N) is 1. The van der Waals surface area contributed by atoms with Crippen LogP contribution in [0.1, 0.15) is 22.8 Å². The van der Waals surface area contributed by atoms with E-state index in [-0.39, 0.29) is 11.0 Å². The van der Waals surface area contributed by atoms with Crippen LogP contribution in [-0.2, 0) is 9.59 Å². The fraction of sp³-hybridized carbons (Fsp3) is 0.222. The molecule has 2 amide bonds. The van der Waals surface area contributed by atoms with Gasteiger partial charge in [0, 0.05) is 22.9 Å². The summed E-state index contributed by atoms with van der Waals surface area (Å²) in [6.07, 6.45) is 0.487. The van der Waals surface area contributed by atoms with Crippen LogP contribution in [0.2, 0.25) is 0 Å². The molecule has 1 saturated heterocycles. The van der Waals surface area contributed by atoms with Crippen LogP contribution in [0, 0.1) is 0 Å². The van der Waals surface area contributed by atoms with Crippen molar-refractivity contribution in [1.29, 1.82) is 0 Å². The SMILES string of the molecule is COc1ccc(C2=NC3(C(=O)NC(=S)NC3=O)C(c3cccs3)C2)cc1. The van der Waals surface area contributed by atoms with Gasteiger partial charge in [-0.3, -0.25) is 14.6 Å². The van der Waals surface area contributed by atoms with Gasteiger partial charge < -0.3 is 15.4 Å². The number of aliphatic imine (C=N–C) groups is 1. The van der Waals surface area contributed by atoms with E-state index in [0.717, 1.165) is 16.2 Å². The second-order valence-electron chi connectivity index (χ2n) is 6.06. The summed E-state index contributed by atoms with van der Waals surface area (Å²) < 4.78 is 5.19. The molecule has 6 nitrogen and oxygen atoms in total. The quantitative estimate of drug-likeness (QED) is 0.626. The van der Waals surface area contributed by atoms with Crippen molar-refractivity contribution < 1.29 is 14.3 Å². The Hall–Kier alpha value is -2.58. The summed E-state index contributed by atoms with van der Waals surface area (Å²) in [7, 11) is 1.60. The van der Waals surface area contributed by atoms with Crippen LogP contribution < -0.4 is 15.4 Å². The van der Waals surface area contributed by atoms with E-state index in [0.29, 0.717) is 12.1 Å². The maximum Gasteiger partial charge on any atom is 0.264 e. The van der Waals surface area contributed by atoms with Crippen molar-refractivity contribution in [2.45, 2.75) is 17.9 Å². The molecule has 1 spiro atoms. The van der Waals surface area contributed by atoms with E-state index in [9.17, 15) is 9.59 Å². The maximum absolute atomic E-state index is 12.8. The lowest BCUT2D eigenvalue weighted by Crippen LogP contribution is -2.66. The van der Waals surface area contributed by atoms with Gasteiger partial charge in [0.25, 0.3) is 11.8 Å². The molecule has 26 heavy (non-hydrogen) atoms. The lowest BCUT2D eigenvalue weighted by molar-refractivity contribution is -0.137. The van der Waals surface area contributed by atoms with Crippen molar-refractivity contribution in [3.63, 3.8) is 0 Å². The van der Waals surface area contributed by atoms with Crippen LogP contribution in [0.15, 0.2) is 46.8 Å². The molecule has 132 valence electrons. The van der Waals surface area contributed by atoms with E-state index in [2.05, 4.69) is 15.6 Å². The van der Waals surface area contributed by atoms with Gasteiger partial charge in [0.1, 0.15) is 5.75 Å². The van der Waals surface area contributed by atoms with Gasteiger partial charge in [-0.1, -0.05) is 6.07 Å². The minimum atomic E-state index is -1.54. The molecule has 0 bridgehead atoms. The maximum atomic E-state index is 12.8. The summed E-state index contributed by atoms with van der Waals surface area (Å²) in [6, 6.07) is 11.3. The second kappa shape index (κ2) is 6.30. The zero-order valence-electron chi connectivity index (χ0n) is 13.8. The fourth-order valence-corrected chi connectivity index (χ4v) is 4.46. The van der Waals surface area contributed by atoms with Crippen LogP contribution >= 0.6 is 23.6 Å². The van der Waals surface area contributed by atoms with E-state index in [1.807, 2.05) is 41.8 Å². The topological polar surface area (TPSA) is 79.8 Å². The average molecular weight is 385 g/mol. The molecule has 1 aromatic heterocycles. The number of rotatable bonds is 3. The van der Waals surface area contributed by atoms with Crippen molar-refractivity contribution in [2.75, 3.05) is 7.11 Å². The first-order valence-corrected chi connectivity index (χ1v) is 9.27. The molecule has 0 radical (unpaired) electrons. The fourth-order valence-electron chi connectivity index (χ4n) is 3.39. The molecule has 8 heteroatoms. The number of carbonyl (C=O) groups is 2. The molecule has 2 aliphatic heterocycles. The Kier molecular flexibility index (Phi) is 4.08. The number of hydrogen-bond acceptors (Lipinski definition) is 6. The van der Waals surface area contributed by atoms with Crippen molar-refractivity contribution in [3.05, 3.63) is 52.2 Å². The Balaban J connectivity index is 1.81.